The summed E-state index contributed by atoms with van der Waals surface area (Å²) in [5.41, 5.74) is 6.15. The Morgan fingerprint density at radius 3 is 2.59 bits per heavy atom. The number of nitrogens with zero attached hydrogens (tertiary/aromatic N) is 2. The maximum absolute atomic E-state index is 9.59. The predicted molar refractivity (Wildman–Crippen MR) is 114 cm³/mol. The SMILES string of the molecule is CC[n+]1c(/C=C2\Sc3ccc(C)cc3N2CCO)ccc2cc(C)ccc21. The Hall–Kier alpha value is -2.30. The summed E-state index contributed by atoms with van der Waals surface area (Å²) < 4.78 is 2.35. The molecule has 0 fully saturated rings. The number of β-amino-alcohol motifs (C(OH)–C–C–N with tert-alkyl or cyclic N) is 1. The molecular weight excluding hydrogens is 352 g/mol. The van der Waals surface area contributed by atoms with Crippen molar-refractivity contribution in [1.82, 2.24) is 0 Å². The van der Waals surface area contributed by atoms with E-state index in [1.807, 2.05) is 0 Å². The highest BCUT2D eigenvalue weighted by Gasteiger charge is 2.26. The van der Waals surface area contributed by atoms with Gasteiger partial charge in [-0.25, -0.2) is 0 Å². The normalized spacial score (nSPS) is 15.0. The quantitative estimate of drug-likeness (QED) is 0.670. The minimum atomic E-state index is 0.135. The van der Waals surface area contributed by atoms with Gasteiger partial charge in [-0.05, 0) is 50.6 Å². The van der Waals surface area contributed by atoms with Crippen LogP contribution >= 0.6 is 11.8 Å². The van der Waals surface area contributed by atoms with Crippen molar-refractivity contribution >= 4 is 34.4 Å². The van der Waals surface area contributed by atoms with Crippen LogP contribution in [-0.2, 0) is 6.54 Å². The molecule has 4 heteroatoms. The number of thioether (sulfide) groups is 1. The van der Waals surface area contributed by atoms with E-state index < -0.39 is 0 Å². The lowest BCUT2D eigenvalue weighted by atomic mass is 10.1. The molecule has 27 heavy (non-hydrogen) atoms. The van der Waals surface area contributed by atoms with Gasteiger partial charge in [0.05, 0.1) is 17.3 Å². The van der Waals surface area contributed by atoms with Gasteiger partial charge in [-0.3, -0.25) is 0 Å². The van der Waals surface area contributed by atoms with Gasteiger partial charge >= 0.3 is 0 Å². The molecule has 0 aliphatic carbocycles. The van der Waals surface area contributed by atoms with Crippen LogP contribution in [0.2, 0.25) is 0 Å². The minimum absolute atomic E-state index is 0.135. The van der Waals surface area contributed by atoms with Crippen LogP contribution in [0.3, 0.4) is 0 Å². The van der Waals surface area contributed by atoms with Crippen LogP contribution in [0.25, 0.3) is 17.0 Å². The van der Waals surface area contributed by atoms with Crippen molar-refractivity contribution in [1.29, 1.82) is 0 Å². The third-order valence-corrected chi connectivity index (χ3v) is 6.13. The molecule has 0 bridgehead atoms. The molecule has 2 aromatic carbocycles. The lowest BCUT2D eigenvalue weighted by molar-refractivity contribution is -0.669. The van der Waals surface area contributed by atoms with Crippen LogP contribution in [0.5, 0.6) is 0 Å². The zero-order valence-electron chi connectivity index (χ0n) is 16.1. The van der Waals surface area contributed by atoms with Crippen molar-refractivity contribution in [3.63, 3.8) is 0 Å². The van der Waals surface area contributed by atoms with Crippen LogP contribution in [0, 0.1) is 13.8 Å². The fourth-order valence-corrected chi connectivity index (χ4v) is 4.83. The lowest BCUT2D eigenvalue weighted by Gasteiger charge is -2.19. The fourth-order valence-electron chi connectivity index (χ4n) is 3.71. The molecule has 0 spiro atoms. The molecule has 138 valence electrons. The molecule has 1 aliphatic heterocycles. The van der Waals surface area contributed by atoms with Gasteiger partial charge in [0.1, 0.15) is 6.54 Å². The van der Waals surface area contributed by atoms with E-state index in [2.05, 4.69) is 84.8 Å². The monoisotopic (exact) mass is 377 g/mol. The van der Waals surface area contributed by atoms with Gasteiger partial charge in [-0.1, -0.05) is 29.5 Å². The van der Waals surface area contributed by atoms with Crippen molar-refractivity contribution in [2.45, 2.75) is 32.2 Å². The topological polar surface area (TPSA) is 27.4 Å². The number of rotatable bonds is 4. The first-order valence-electron chi connectivity index (χ1n) is 9.42. The molecule has 1 aromatic heterocycles. The van der Waals surface area contributed by atoms with Crippen LogP contribution in [0.1, 0.15) is 23.7 Å². The first-order valence-corrected chi connectivity index (χ1v) is 10.2. The number of pyridine rings is 1. The average molecular weight is 378 g/mol. The lowest BCUT2D eigenvalue weighted by Crippen LogP contribution is -2.37. The molecular formula is C23H25N2OS+. The van der Waals surface area contributed by atoms with Crippen molar-refractivity contribution in [2.24, 2.45) is 0 Å². The number of aliphatic hydroxyl groups excluding tert-OH is 1. The summed E-state index contributed by atoms with van der Waals surface area (Å²) in [5.74, 6) is 0. The number of anilines is 1. The molecule has 1 aliphatic rings. The van der Waals surface area contributed by atoms with Gasteiger partial charge in [-0.15, -0.1) is 0 Å². The molecule has 0 unspecified atom stereocenters. The van der Waals surface area contributed by atoms with E-state index in [1.165, 1.54) is 43.3 Å². The zero-order chi connectivity index (χ0) is 19.0. The minimum Gasteiger partial charge on any atom is -0.395 e. The molecule has 0 saturated carbocycles. The van der Waals surface area contributed by atoms with Gasteiger partial charge < -0.3 is 10.0 Å². The Morgan fingerprint density at radius 2 is 1.81 bits per heavy atom. The van der Waals surface area contributed by atoms with Gasteiger partial charge in [0.25, 0.3) is 0 Å². The summed E-state index contributed by atoms with van der Waals surface area (Å²) in [6.07, 6.45) is 2.25. The summed E-state index contributed by atoms with van der Waals surface area (Å²) in [4.78, 5) is 3.48. The van der Waals surface area contributed by atoms with E-state index in [0.717, 1.165) is 6.54 Å². The summed E-state index contributed by atoms with van der Waals surface area (Å²) in [5, 5.41) is 12.0. The van der Waals surface area contributed by atoms with E-state index in [4.69, 9.17) is 0 Å². The molecule has 0 amide bonds. The van der Waals surface area contributed by atoms with E-state index in [9.17, 15) is 5.11 Å². The number of aromatic nitrogens is 1. The van der Waals surface area contributed by atoms with Crippen molar-refractivity contribution in [2.75, 3.05) is 18.1 Å². The maximum atomic E-state index is 9.59. The molecule has 4 rings (SSSR count). The van der Waals surface area contributed by atoms with Crippen LogP contribution in [0.15, 0.2) is 58.5 Å². The predicted octanol–water partition coefficient (Wildman–Crippen LogP) is 4.67. The van der Waals surface area contributed by atoms with E-state index in [1.54, 1.807) is 11.8 Å². The molecule has 3 aromatic rings. The first kappa shape index (κ1) is 18.1. The van der Waals surface area contributed by atoms with Gasteiger partial charge in [0, 0.05) is 35.0 Å². The Bertz CT molecular complexity index is 1040. The second-order valence-corrected chi connectivity index (χ2v) is 8.06. The molecule has 2 heterocycles. The Labute approximate surface area is 165 Å². The Balaban J connectivity index is 1.82. The second-order valence-electron chi connectivity index (χ2n) is 7.00. The number of aryl methyl sites for hydroxylation is 3. The summed E-state index contributed by atoms with van der Waals surface area (Å²) in [7, 11) is 0. The summed E-state index contributed by atoms with van der Waals surface area (Å²) in [6, 6.07) is 17.6. The highest BCUT2D eigenvalue weighted by molar-refractivity contribution is 8.03. The van der Waals surface area contributed by atoms with Gasteiger partial charge in [0.2, 0.25) is 11.2 Å². The number of fused-ring (bicyclic) bond motifs is 2. The smallest absolute Gasteiger partial charge is 0.212 e. The van der Waals surface area contributed by atoms with Crippen LogP contribution in [-0.4, -0.2) is 18.3 Å². The van der Waals surface area contributed by atoms with Crippen LogP contribution < -0.4 is 9.47 Å². The largest absolute Gasteiger partial charge is 0.395 e. The van der Waals surface area contributed by atoms with Gasteiger partial charge in [0.15, 0.2) is 0 Å². The Kier molecular flexibility index (Phi) is 4.94. The molecule has 0 radical (unpaired) electrons. The second kappa shape index (κ2) is 7.37. The first-order chi connectivity index (χ1) is 13.1. The number of hydrogen-bond donors (Lipinski definition) is 1. The number of aliphatic hydroxyl groups is 1. The third-order valence-electron chi connectivity index (χ3n) is 5.02. The van der Waals surface area contributed by atoms with Crippen molar-refractivity contribution in [3.8, 4) is 0 Å². The maximum Gasteiger partial charge on any atom is 0.212 e. The average Bonchev–Trinajstić information content (AvgIpc) is 2.98. The molecule has 1 N–H and O–H groups in total. The summed E-state index contributed by atoms with van der Waals surface area (Å²) in [6.45, 7) is 8.08. The number of hydrogen-bond acceptors (Lipinski definition) is 3. The van der Waals surface area contributed by atoms with Crippen LogP contribution in [0.4, 0.5) is 5.69 Å². The number of benzene rings is 2. The van der Waals surface area contributed by atoms with E-state index >= 15 is 0 Å². The fraction of sp³-hybridized carbons (Fsp3) is 0.261. The summed E-state index contributed by atoms with van der Waals surface area (Å²) >= 11 is 1.78. The van der Waals surface area contributed by atoms with Gasteiger partial charge in [-0.2, -0.15) is 4.57 Å². The molecule has 3 nitrogen and oxygen atoms in total. The highest BCUT2D eigenvalue weighted by Crippen LogP contribution is 2.46. The third kappa shape index (κ3) is 3.35. The standard InChI is InChI=1S/C23H25N2OS/c1-4-24-19(8-7-18-13-16(2)5-9-20(18)24)15-23-25(11-12-26)21-14-17(3)6-10-22(21)27-23/h5-10,13-15,26H,4,11-12H2,1-3H3/q+1. The molecule has 0 atom stereocenters. The Morgan fingerprint density at radius 1 is 1.04 bits per heavy atom. The molecule has 0 saturated heterocycles. The zero-order valence-corrected chi connectivity index (χ0v) is 16.9. The van der Waals surface area contributed by atoms with E-state index in [-0.39, 0.29) is 6.61 Å². The highest BCUT2D eigenvalue weighted by atomic mass is 32.2. The van der Waals surface area contributed by atoms with Crippen molar-refractivity contribution in [3.05, 3.63) is 70.4 Å². The van der Waals surface area contributed by atoms with E-state index in [0.29, 0.717) is 6.54 Å². The van der Waals surface area contributed by atoms with Crippen molar-refractivity contribution < 1.29 is 9.67 Å².